The van der Waals surface area contributed by atoms with Gasteiger partial charge < -0.3 is 4.74 Å². The van der Waals surface area contributed by atoms with Crippen LogP contribution < -0.4 is 15.6 Å². The van der Waals surface area contributed by atoms with Gasteiger partial charge in [0.2, 0.25) is 5.91 Å². The maximum absolute atomic E-state index is 12.7. The molecular weight excluding hydrogens is 287 g/mol. The average molecular weight is 308 g/mol. The summed E-state index contributed by atoms with van der Waals surface area (Å²) in [5, 5.41) is 0. The maximum atomic E-state index is 12.7. The summed E-state index contributed by atoms with van der Waals surface area (Å²) < 4.78 is 17.9. The first kappa shape index (κ1) is 16.3. The van der Waals surface area contributed by atoms with E-state index in [1.807, 2.05) is 0 Å². The van der Waals surface area contributed by atoms with E-state index in [9.17, 15) is 14.0 Å². The van der Waals surface area contributed by atoms with E-state index in [1.165, 1.54) is 49.9 Å². The van der Waals surface area contributed by atoms with Crippen molar-refractivity contribution in [1.82, 2.24) is 10.9 Å². The zero-order chi connectivity index (χ0) is 15.8. The summed E-state index contributed by atoms with van der Waals surface area (Å²) in [4.78, 5) is 23.1. The lowest BCUT2D eigenvalue weighted by atomic mass is 10.0. The first-order chi connectivity index (χ1) is 10.6. The van der Waals surface area contributed by atoms with Crippen LogP contribution in [0.1, 0.15) is 38.5 Å². The SMILES string of the molecule is O=C(CCC1CCCC1)NNC(=O)COc1ccc(F)cc1. The molecule has 1 saturated carbocycles. The lowest BCUT2D eigenvalue weighted by molar-refractivity contribution is -0.130. The molecule has 5 nitrogen and oxygen atoms in total. The molecule has 6 heteroatoms. The number of rotatable bonds is 6. The van der Waals surface area contributed by atoms with Crippen LogP contribution in [0.5, 0.6) is 5.75 Å². The second-order valence-corrected chi connectivity index (χ2v) is 5.53. The van der Waals surface area contributed by atoms with E-state index in [2.05, 4.69) is 10.9 Å². The third-order valence-electron chi connectivity index (χ3n) is 3.78. The second kappa shape index (κ2) is 8.36. The van der Waals surface area contributed by atoms with Crippen LogP contribution in [-0.4, -0.2) is 18.4 Å². The summed E-state index contributed by atoms with van der Waals surface area (Å²) in [5.74, 6) is 0.0132. The molecule has 0 saturated heterocycles. The van der Waals surface area contributed by atoms with Crippen molar-refractivity contribution >= 4 is 11.8 Å². The molecule has 1 aliphatic rings. The van der Waals surface area contributed by atoms with E-state index < -0.39 is 5.91 Å². The molecule has 1 fully saturated rings. The fourth-order valence-electron chi connectivity index (χ4n) is 2.55. The second-order valence-electron chi connectivity index (χ2n) is 5.53. The number of hydrogen-bond acceptors (Lipinski definition) is 3. The van der Waals surface area contributed by atoms with Gasteiger partial charge >= 0.3 is 0 Å². The zero-order valence-electron chi connectivity index (χ0n) is 12.4. The average Bonchev–Trinajstić information content (AvgIpc) is 3.04. The highest BCUT2D eigenvalue weighted by Gasteiger charge is 2.16. The standard InChI is InChI=1S/C16H21FN2O3/c17-13-6-8-14(9-7-13)22-11-16(21)19-18-15(20)10-5-12-3-1-2-4-12/h6-9,12H,1-5,10-11H2,(H,18,20)(H,19,21). The molecule has 0 spiro atoms. The predicted octanol–water partition coefficient (Wildman–Crippen LogP) is 2.32. The van der Waals surface area contributed by atoms with Gasteiger partial charge in [-0.1, -0.05) is 25.7 Å². The minimum Gasteiger partial charge on any atom is -0.484 e. The predicted molar refractivity (Wildman–Crippen MR) is 79.4 cm³/mol. The molecule has 0 aromatic heterocycles. The highest BCUT2D eigenvalue weighted by atomic mass is 19.1. The van der Waals surface area contributed by atoms with Gasteiger partial charge in [0.15, 0.2) is 6.61 Å². The van der Waals surface area contributed by atoms with E-state index in [0.29, 0.717) is 18.1 Å². The summed E-state index contributed by atoms with van der Waals surface area (Å²) in [6.07, 6.45) is 6.20. The largest absolute Gasteiger partial charge is 0.484 e. The number of halogens is 1. The fourth-order valence-corrected chi connectivity index (χ4v) is 2.55. The summed E-state index contributed by atoms with van der Waals surface area (Å²) in [7, 11) is 0. The van der Waals surface area contributed by atoms with Crippen LogP contribution in [0.25, 0.3) is 0 Å². The molecule has 22 heavy (non-hydrogen) atoms. The third kappa shape index (κ3) is 5.71. The first-order valence-corrected chi connectivity index (χ1v) is 7.59. The Morgan fingerprint density at radius 2 is 1.73 bits per heavy atom. The Balaban J connectivity index is 1.58. The van der Waals surface area contributed by atoms with Crippen molar-refractivity contribution in [2.45, 2.75) is 38.5 Å². The lowest BCUT2D eigenvalue weighted by Crippen LogP contribution is -2.43. The van der Waals surface area contributed by atoms with Crippen LogP contribution in [0.4, 0.5) is 4.39 Å². The van der Waals surface area contributed by atoms with Crippen molar-refractivity contribution in [2.24, 2.45) is 5.92 Å². The Bertz CT molecular complexity index is 499. The molecule has 0 bridgehead atoms. The van der Waals surface area contributed by atoms with Crippen molar-refractivity contribution in [3.8, 4) is 5.75 Å². The molecule has 2 amide bonds. The van der Waals surface area contributed by atoms with Gasteiger partial charge in [-0.25, -0.2) is 4.39 Å². The van der Waals surface area contributed by atoms with Gasteiger partial charge in [-0.2, -0.15) is 0 Å². The summed E-state index contributed by atoms with van der Waals surface area (Å²) >= 11 is 0. The molecule has 2 N–H and O–H groups in total. The molecular formula is C16H21FN2O3. The Hall–Kier alpha value is -2.11. The number of hydrogen-bond donors (Lipinski definition) is 2. The van der Waals surface area contributed by atoms with Gasteiger partial charge in [0.1, 0.15) is 11.6 Å². The van der Waals surface area contributed by atoms with Crippen molar-refractivity contribution < 1.29 is 18.7 Å². The summed E-state index contributed by atoms with van der Waals surface area (Å²) in [6, 6.07) is 5.36. The lowest BCUT2D eigenvalue weighted by Gasteiger charge is -2.10. The molecule has 0 atom stereocenters. The van der Waals surface area contributed by atoms with Gasteiger partial charge in [-0.15, -0.1) is 0 Å². The van der Waals surface area contributed by atoms with Crippen LogP contribution >= 0.6 is 0 Å². The number of benzene rings is 1. The van der Waals surface area contributed by atoms with E-state index in [-0.39, 0.29) is 18.3 Å². The van der Waals surface area contributed by atoms with E-state index in [1.54, 1.807) is 0 Å². The molecule has 1 aromatic rings. The van der Waals surface area contributed by atoms with Crippen molar-refractivity contribution in [3.63, 3.8) is 0 Å². The molecule has 1 aromatic carbocycles. The number of amides is 2. The van der Waals surface area contributed by atoms with E-state index >= 15 is 0 Å². The monoisotopic (exact) mass is 308 g/mol. The highest BCUT2D eigenvalue weighted by molar-refractivity contribution is 5.82. The topological polar surface area (TPSA) is 67.4 Å². The summed E-state index contributed by atoms with van der Waals surface area (Å²) in [6.45, 7) is -0.242. The van der Waals surface area contributed by atoms with Crippen LogP contribution in [0.3, 0.4) is 0 Å². The van der Waals surface area contributed by atoms with Gasteiger partial charge in [-0.3, -0.25) is 20.4 Å². The minimum atomic E-state index is -0.460. The van der Waals surface area contributed by atoms with Crippen molar-refractivity contribution in [3.05, 3.63) is 30.1 Å². The Kier molecular flexibility index (Phi) is 6.18. The van der Waals surface area contributed by atoms with Crippen LogP contribution in [0.2, 0.25) is 0 Å². The first-order valence-electron chi connectivity index (χ1n) is 7.59. The maximum Gasteiger partial charge on any atom is 0.276 e. The van der Waals surface area contributed by atoms with E-state index in [4.69, 9.17) is 4.74 Å². The number of nitrogens with one attached hydrogen (secondary N) is 2. The van der Waals surface area contributed by atoms with Gasteiger partial charge in [-0.05, 0) is 36.6 Å². The Morgan fingerprint density at radius 1 is 1.09 bits per heavy atom. The minimum absolute atomic E-state index is 0.193. The highest BCUT2D eigenvalue weighted by Crippen LogP contribution is 2.28. The molecule has 0 aliphatic heterocycles. The molecule has 0 radical (unpaired) electrons. The van der Waals surface area contributed by atoms with Crippen LogP contribution in [0, 0.1) is 11.7 Å². The Morgan fingerprint density at radius 3 is 2.41 bits per heavy atom. The molecule has 120 valence electrons. The van der Waals surface area contributed by atoms with Crippen molar-refractivity contribution in [1.29, 1.82) is 0 Å². The zero-order valence-corrected chi connectivity index (χ0v) is 12.4. The van der Waals surface area contributed by atoms with Crippen LogP contribution in [0.15, 0.2) is 24.3 Å². The number of hydrazine groups is 1. The van der Waals surface area contributed by atoms with Crippen molar-refractivity contribution in [2.75, 3.05) is 6.61 Å². The van der Waals surface area contributed by atoms with Gasteiger partial charge in [0.25, 0.3) is 5.91 Å². The van der Waals surface area contributed by atoms with Gasteiger partial charge in [0.05, 0.1) is 0 Å². The number of carbonyl (C=O) groups is 2. The molecule has 2 rings (SSSR count). The van der Waals surface area contributed by atoms with Crippen LogP contribution in [-0.2, 0) is 9.59 Å². The summed E-state index contributed by atoms with van der Waals surface area (Å²) in [5.41, 5.74) is 4.68. The fraction of sp³-hybridized carbons (Fsp3) is 0.500. The third-order valence-corrected chi connectivity index (χ3v) is 3.78. The Labute approximate surface area is 129 Å². The quantitative estimate of drug-likeness (QED) is 0.793. The van der Waals surface area contributed by atoms with Gasteiger partial charge in [0, 0.05) is 6.42 Å². The molecule has 0 heterocycles. The number of ether oxygens (including phenoxy) is 1. The molecule has 1 aliphatic carbocycles. The normalized spacial score (nSPS) is 14.6. The number of carbonyl (C=O) groups excluding carboxylic acids is 2. The smallest absolute Gasteiger partial charge is 0.276 e. The molecule has 0 unspecified atom stereocenters. The van der Waals surface area contributed by atoms with E-state index in [0.717, 1.165) is 6.42 Å².